The van der Waals surface area contributed by atoms with Gasteiger partial charge in [-0.3, -0.25) is 0 Å². The number of nitrogens with one attached hydrogen (secondary N) is 1. The summed E-state index contributed by atoms with van der Waals surface area (Å²) in [7, 11) is -2.94. The van der Waals surface area contributed by atoms with E-state index in [2.05, 4.69) is 10.3 Å². The van der Waals surface area contributed by atoms with Crippen molar-refractivity contribution in [2.45, 2.75) is 36.6 Å². The maximum Gasteiger partial charge on any atom is 0.194 e. The fourth-order valence-electron chi connectivity index (χ4n) is 2.72. The molecule has 0 aromatic rings. The predicted molar refractivity (Wildman–Crippen MR) is 71.4 cm³/mol. The van der Waals surface area contributed by atoms with Gasteiger partial charge in [0.05, 0.1) is 5.25 Å². The van der Waals surface area contributed by atoms with Gasteiger partial charge in [-0.2, -0.15) is 0 Å². The maximum absolute atomic E-state index is 11.5. The van der Waals surface area contributed by atoms with Crippen molar-refractivity contribution < 1.29 is 8.42 Å². The quantitative estimate of drug-likeness (QED) is 0.638. The van der Waals surface area contributed by atoms with Crippen molar-refractivity contribution in [2.24, 2.45) is 22.4 Å². The Labute approximate surface area is 107 Å². The lowest BCUT2D eigenvalue weighted by Gasteiger charge is -2.37. The highest BCUT2D eigenvalue weighted by Gasteiger charge is 2.38. The van der Waals surface area contributed by atoms with Gasteiger partial charge in [0.2, 0.25) is 0 Å². The van der Waals surface area contributed by atoms with Gasteiger partial charge in [0.25, 0.3) is 0 Å². The molecule has 0 radical (unpaired) electrons. The van der Waals surface area contributed by atoms with E-state index in [0.29, 0.717) is 18.8 Å². The van der Waals surface area contributed by atoms with Crippen molar-refractivity contribution in [2.75, 3.05) is 6.26 Å². The Morgan fingerprint density at radius 3 is 2.50 bits per heavy atom. The Morgan fingerprint density at radius 1 is 1.39 bits per heavy atom. The summed E-state index contributed by atoms with van der Waals surface area (Å²) < 4.78 is 23.0. The van der Waals surface area contributed by atoms with Crippen LogP contribution >= 0.6 is 0 Å². The van der Waals surface area contributed by atoms with Gasteiger partial charge < -0.3 is 16.8 Å². The largest absolute Gasteiger partial charge is 0.370 e. The van der Waals surface area contributed by atoms with Crippen LogP contribution in [0.15, 0.2) is 17.3 Å². The number of hydrogen-bond acceptors (Lipinski definition) is 6. The van der Waals surface area contributed by atoms with Crippen LogP contribution in [0.5, 0.6) is 0 Å². The molecule has 18 heavy (non-hydrogen) atoms. The van der Waals surface area contributed by atoms with Crippen molar-refractivity contribution in [1.82, 2.24) is 5.32 Å². The normalized spacial score (nSPS) is 36.9. The molecule has 1 aliphatic carbocycles. The molecule has 1 aliphatic heterocycles. The van der Waals surface area contributed by atoms with E-state index in [1.54, 1.807) is 12.3 Å². The lowest BCUT2D eigenvalue weighted by atomic mass is 9.80. The lowest BCUT2D eigenvalue weighted by molar-refractivity contribution is 0.254. The number of sulfone groups is 1. The molecular weight excluding hydrogens is 252 g/mol. The van der Waals surface area contributed by atoms with Crippen LogP contribution < -0.4 is 16.8 Å². The van der Waals surface area contributed by atoms with Crippen molar-refractivity contribution in [3.63, 3.8) is 0 Å². The molecule has 1 fully saturated rings. The lowest BCUT2D eigenvalue weighted by Crippen LogP contribution is -2.51. The van der Waals surface area contributed by atoms with Crippen LogP contribution in [0.25, 0.3) is 0 Å². The molecule has 7 heteroatoms. The SMILES string of the molecule is CS(=O)(=O)C1CCC(C2(N)C=CNC(N)=N2)CC1. The molecule has 0 aromatic heterocycles. The number of guanidine groups is 1. The summed E-state index contributed by atoms with van der Waals surface area (Å²) in [6, 6.07) is 0. The highest BCUT2D eigenvalue weighted by Crippen LogP contribution is 2.35. The second-order valence-electron chi connectivity index (χ2n) is 5.17. The third kappa shape index (κ3) is 2.67. The minimum atomic E-state index is -2.94. The standard InChI is InChI=1S/C11H20N4O2S/c1-18(16,17)9-4-2-8(3-5-9)11(13)6-7-14-10(12)15-11/h6-9H,2-5,13H2,1H3,(H3,12,14,15). The van der Waals surface area contributed by atoms with E-state index in [-0.39, 0.29) is 11.2 Å². The van der Waals surface area contributed by atoms with E-state index in [1.165, 1.54) is 6.26 Å². The van der Waals surface area contributed by atoms with Crippen LogP contribution in [0, 0.1) is 5.92 Å². The molecule has 102 valence electrons. The van der Waals surface area contributed by atoms with Crippen molar-refractivity contribution in [1.29, 1.82) is 0 Å². The third-order valence-electron chi connectivity index (χ3n) is 3.83. The molecule has 2 aliphatic rings. The zero-order valence-corrected chi connectivity index (χ0v) is 11.3. The third-order valence-corrected chi connectivity index (χ3v) is 5.51. The van der Waals surface area contributed by atoms with Crippen molar-refractivity contribution in [3.05, 3.63) is 12.3 Å². The highest BCUT2D eigenvalue weighted by molar-refractivity contribution is 7.91. The molecule has 5 N–H and O–H groups in total. The van der Waals surface area contributed by atoms with Gasteiger partial charge >= 0.3 is 0 Å². The average molecular weight is 272 g/mol. The topological polar surface area (TPSA) is 111 Å². The number of rotatable bonds is 2. The summed E-state index contributed by atoms with van der Waals surface area (Å²) in [6.45, 7) is 0. The van der Waals surface area contributed by atoms with Crippen LogP contribution in [0.3, 0.4) is 0 Å². The Kier molecular flexibility index (Phi) is 3.37. The van der Waals surface area contributed by atoms with Crippen LogP contribution in [-0.2, 0) is 9.84 Å². The van der Waals surface area contributed by atoms with Crippen molar-refractivity contribution in [3.8, 4) is 0 Å². The first-order valence-corrected chi connectivity index (χ1v) is 8.04. The van der Waals surface area contributed by atoms with Gasteiger partial charge in [-0.25, -0.2) is 13.4 Å². The molecule has 1 unspecified atom stereocenters. The van der Waals surface area contributed by atoms with E-state index in [4.69, 9.17) is 11.5 Å². The molecule has 0 spiro atoms. The van der Waals surface area contributed by atoms with Crippen LogP contribution in [0.4, 0.5) is 0 Å². The molecule has 0 amide bonds. The molecule has 1 saturated carbocycles. The highest BCUT2D eigenvalue weighted by atomic mass is 32.2. The number of nitrogens with zero attached hydrogens (tertiary/aromatic N) is 1. The first kappa shape index (κ1) is 13.4. The fraction of sp³-hybridized carbons (Fsp3) is 0.727. The molecule has 0 bridgehead atoms. The summed E-state index contributed by atoms with van der Waals surface area (Å²) in [4.78, 5) is 4.25. The first-order chi connectivity index (χ1) is 8.31. The zero-order valence-electron chi connectivity index (χ0n) is 10.5. The Hall–Kier alpha value is -1.08. The first-order valence-electron chi connectivity index (χ1n) is 6.08. The van der Waals surface area contributed by atoms with Gasteiger partial charge in [-0.05, 0) is 31.8 Å². The minimum absolute atomic E-state index is 0.146. The van der Waals surface area contributed by atoms with E-state index < -0.39 is 15.5 Å². The average Bonchev–Trinajstić information content (AvgIpc) is 2.28. The molecule has 0 saturated heterocycles. The van der Waals surface area contributed by atoms with Gasteiger partial charge in [0, 0.05) is 18.4 Å². The monoisotopic (exact) mass is 272 g/mol. The zero-order chi connectivity index (χ0) is 13.4. The summed E-state index contributed by atoms with van der Waals surface area (Å²) in [6.07, 6.45) is 7.62. The number of aliphatic imine (C=N–C) groups is 1. The van der Waals surface area contributed by atoms with E-state index >= 15 is 0 Å². The molecular formula is C11H20N4O2S. The second kappa shape index (κ2) is 4.55. The summed E-state index contributed by atoms with van der Waals surface area (Å²) in [5.41, 5.74) is 11.1. The van der Waals surface area contributed by atoms with Gasteiger partial charge in [-0.1, -0.05) is 0 Å². The Bertz CT molecular complexity index is 477. The minimum Gasteiger partial charge on any atom is -0.370 e. The predicted octanol–water partition coefficient (Wildman–Crippen LogP) is -0.324. The number of hydrogen-bond donors (Lipinski definition) is 3. The summed E-state index contributed by atoms with van der Waals surface area (Å²) >= 11 is 0. The van der Waals surface area contributed by atoms with Crippen LogP contribution in [0.1, 0.15) is 25.7 Å². The maximum atomic E-state index is 11.5. The fourth-order valence-corrected chi connectivity index (χ4v) is 3.85. The molecule has 0 aromatic carbocycles. The van der Waals surface area contributed by atoms with Gasteiger partial charge in [0.15, 0.2) is 5.96 Å². The van der Waals surface area contributed by atoms with E-state index in [9.17, 15) is 8.42 Å². The molecule has 6 nitrogen and oxygen atoms in total. The Balaban J connectivity index is 2.06. The summed E-state index contributed by atoms with van der Waals surface area (Å²) in [5.74, 6) is 0.456. The van der Waals surface area contributed by atoms with Crippen LogP contribution in [-0.4, -0.2) is 31.5 Å². The molecule has 1 atom stereocenters. The number of nitrogens with two attached hydrogens (primary N) is 2. The van der Waals surface area contributed by atoms with Crippen LogP contribution in [0.2, 0.25) is 0 Å². The van der Waals surface area contributed by atoms with Gasteiger partial charge in [-0.15, -0.1) is 0 Å². The Morgan fingerprint density at radius 2 is 2.00 bits per heavy atom. The van der Waals surface area contributed by atoms with E-state index in [0.717, 1.165) is 12.8 Å². The van der Waals surface area contributed by atoms with E-state index in [1.807, 2.05) is 0 Å². The second-order valence-corrected chi connectivity index (χ2v) is 7.49. The van der Waals surface area contributed by atoms with Crippen molar-refractivity contribution >= 4 is 15.8 Å². The van der Waals surface area contributed by atoms with Gasteiger partial charge in [0.1, 0.15) is 15.5 Å². The smallest absolute Gasteiger partial charge is 0.194 e. The molecule has 1 heterocycles. The molecule has 2 rings (SSSR count). The summed E-state index contributed by atoms with van der Waals surface area (Å²) in [5, 5.41) is 2.55.